The number of methoxy groups -OCH3 is 2. The number of nitrogens with one attached hydrogen (secondary N) is 1. The van der Waals surface area contributed by atoms with Gasteiger partial charge in [-0.05, 0) is 62.2 Å². The van der Waals surface area contributed by atoms with Gasteiger partial charge in [-0.1, -0.05) is 6.07 Å². The number of amides is 1. The molecule has 8 nitrogen and oxygen atoms in total. The minimum Gasteiger partial charge on any atom is -0.497 e. The fourth-order valence-electron chi connectivity index (χ4n) is 3.98. The lowest BCUT2D eigenvalue weighted by Gasteiger charge is -2.13. The van der Waals surface area contributed by atoms with E-state index in [2.05, 4.69) is 10.4 Å². The van der Waals surface area contributed by atoms with Gasteiger partial charge in [0.2, 0.25) is 5.91 Å². The largest absolute Gasteiger partial charge is 0.497 e. The molecule has 0 bridgehead atoms. The monoisotopic (exact) mass is 460 g/mol. The predicted octanol–water partition coefficient (Wildman–Crippen LogP) is 3.91. The number of rotatable bonds is 7. The highest BCUT2D eigenvalue weighted by Crippen LogP contribution is 2.26. The Bertz CT molecular complexity index is 1420. The van der Waals surface area contributed by atoms with Crippen molar-refractivity contribution in [2.24, 2.45) is 7.05 Å². The normalized spacial score (nSPS) is 11.0. The quantitative estimate of drug-likeness (QED) is 0.452. The second-order valence-corrected chi connectivity index (χ2v) is 8.21. The van der Waals surface area contributed by atoms with E-state index in [9.17, 15) is 9.59 Å². The second-order valence-electron chi connectivity index (χ2n) is 8.21. The van der Waals surface area contributed by atoms with Crippen LogP contribution in [0, 0.1) is 13.8 Å². The van der Waals surface area contributed by atoms with Crippen LogP contribution in [0.15, 0.2) is 53.3 Å². The van der Waals surface area contributed by atoms with Gasteiger partial charge in [0.05, 0.1) is 25.6 Å². The lowest BCUT2D eigenvalue weighted by Crippen LogP contribution is -2.26. The molecule has 0 unspecified atom stereocenters. The van der Waals surface area contributed by atoms with Gasteiger partial charge in [0, 0.05) is 36.4 Å². The molecule has 0 spiro atoms. The summed E-state index contributed by atoms with van der Waals surface area (Å²) in [6.07, 6.45) is 0.456. The van der Waals surface area contributed by atoms with E-state index in [1.807, 2.05) is 74.0 Å². The summed E-state index contributed by atoms with van der Waals surface area (Å²) in [5.41, 5.74) is 5.04. The first-order chi connectivity index (χ1) is 16.3. The standard InChI is InChI=1S/C26H28N4O4/c1-16-6-12-23(34-5)22(14-16)27-24(31)13-11-20-17(2)29(3)25-15-21(28-30(25)26(20)32)18-7-9-19(33-4)10-8-18/h6-10,12,14-15H,11,13H2,1-5H3,(H,27,31). The summed E-state index contributed by atoms with van der Waals surface area (Å²) in [5.74, 6) is 1.15. The zero-order valence-corrected chi connectivity index (χ0v) is 20.0. The smallest absolute Gasteiger partial charge is 0.277 e. The van der Waals surface area contributed by atoms with E-state index < -0.39 is 0 Å². The molecular weight excluding hydrogens is 432 g/mol. The fourth-order valence-corrected chi connectivity index (χ4v) is 3.98. The molecule has 0 atom stereocenters. The molecular formula is C26H28N4O4. The summed E-state index contributed by atoms with van der Waals surface area (Å²) in [6.45, 7) is 3.83. The van der Waals surface area contributed by atoms with Gasteiger partial charge < -0.3 is 19.4 Å². The third kappa shape index (κ3) is 4.39. The van der Waals surface area contributed by atoms with E-state index in [1.165, 1.54) is 4.52 Å². The SMILES string of the molecule is COc1ccc(-c2cc3n(C)c(C)c(CCC(=O)Nc4cc(C)ccc4OC)c(=O)n3n2)cc1. The molecule has 176 valence electrons. The molecule has 0 saturated heterocycles. The molecule has 0 aliphatic carbocycles. The zero-order chi connectivity index (χ0) is 24.4. The number of nitrogens with zero attached hydrogens (tertiary/aromatic N) is 3. The highest BCUT2D eigenvalue weighted by Gasteiger charge is 2.17. The van der Waals surface area contributed by atoms with Crippen molar-refractivity contribution in [3.8, 4) is 22.8 Å². The van der Waals surface area contributed by atoms with Crippen LogP contribution in [0.3, 0.4) is 0 Å². The van der Waals surface area contributed by atoms with Gasteiger partial charge in [-0.25, -0.2) is 0 Å². The summed E-state index contributed by atoms with van der Waals surface area (Å²) < 4.78 is 13.9. The number of carbonyl (C=O) groups excluding carboxylic acids is 1. The highest BCUT2D eigenvalue weighted by atomic mass is 16.5. The molecule has 2 aromatic heterocycles. The van der Waals surface area contributed by atoms with Crippen LogP contribution in [0.2, 0.25) is 0 Å². The molecule has 0 fully saturated rings. The van der Waals surface area contributed by atoms with E-state index in [0.29, 0.717) is 34.8 Å². The minimum atomic E-state index is -0.216. The molecule has 4 aromatic rings. The maximum absolute atomic E-state index is 13.3. The second kappa shape index (κ2) is 9.43. The van der Waals surface area contributed by atoms with Crippen molar-refractivity contribution in [2.45, 2.75) is 26.7 Å². The molecule has 34 heavy (non-hydrogen) atoms. The topological polar surface area (TPSA) is 86.9 Å². The van der Waals surface area contributed by atoms with Crippen molar-refractivity contribution in [3.05, 3.63) is 75.7 Å². The van der Waals surface area contributed by atoms with Gasteiger partial charge in [-0.2, -0.15) is 9.61 Å². The average Bonchev–Trinajstić information content (AvgIpc) is 3.29. The number of aryl methyl sites for hydroxylation is 2. The number of anilines is 1. The van der Waals surface area contributed by atoms with Crippen LogP contribution in [-0.2, 0) is 18.3 Å². The lowest BCUT2D eigenvalue weighted by atomic mass is 10.1. The Morgan fingerprint density at radius 1 is 1.03 bits per heavy atom. The number of ether oxygens (including phenoxy) is 2. The zero-order valence-electron chi connectivity index (χ0n) is 20.0. The van der Waals surface area contributed by atoms with Crippen LogP contribution in [0.5, 0.6) is 11.5 Å². The highest BCUT2D eigenvalue weighted by molar-refractivity contribution is 5.92. The molecule has 1 amide bonds. The molecule has 2 heterocycles. The van der Waals surface area contributed by atoms with Crippen molar-refractivity contribution < 1.29 is 14.3 Å². The lowest BCUT2D eigenvalue weighted by molar-refractivity contribution is -0.116. The number of benzene rings is 2. The van der Waals surface area contributed by atoms with Crippen LogP contribution in [0.4, 0.5) is 5.69 Å². The Balaban J connectivity index is 1.60. The fraction of sp³-hybridized carbons (Fsp3) is 0.269. The van der Waals surface area contributed by atoms with Crippen LogP contribution < -0.4 is 20.3 Å². The van der Waals surface area contributed by atoms with Crippen molar-refractivity contribution in [2.75, 3.05) is 19.5 Å². The Hall–Kier alpha value is -4.07. The summed E-state index contributed by atoms with van der Waals surface area (Å²) in [7, 11) is 5.07. The van der Waals surface area contributed by atoms with E-state index in [0.717, 1.165) is 22.6 Å². The van der Waals surface area contributed by atoms with Crippen LogP contribution in [-0.4, -0.2) is 34.3 Å². The van der Waals surface area contributed by atoms with Crippen molar-refractivity contribution in [1.29, 1.82) is 0 Å². The Kier molecular flexibility index (Phi) is 6.40. The summed E-state index contributed by atoms with van der Waals surface area (Å²) in [6, 6.07) is 15.0. The molecule has 0 aliphatic rings. The van der Waals surface area contributed by atoms with Gasteiger partial charge in [-0.3, -0.25) is 9.59 Å². The van der Waals surface area contributed by atoms with Crippen molar-refractivity contribution in [1.82, 2.24) is 14.2 Å². The first-order valence-electron chi connectivity index (χ1n) is 11.0. The minimum absolute atomic E-state index is 0.158. The molecule has 0 saturated carbocycles. The van der Waals surface area contributed by atoms with Gasteiger partial charge in [0.15, 0.2) is 0 Å². The number of hydrogen-bond donors (Lipinski definition) is 1. The Labute approximate surface area is 197 Å². The maximum atomic E-state index is 13.3. The third-order valence-electron chi connectivity index (χ3n) is 6.04. The van der Waals surface area contributed by atoms with E-state index in [4.69, 9.17) is 9.47 Å². The van der Waals surface area contributed by atoms with Gasteiger partial charge in [-0.15, -0.1) is 0 Å². The number of carbonyl (C=O) groups is 1. The van der Waals surface area contributed by atoms with E-state index >= 15 is 0 Å². The molecule has 0 radical (unpaired) electrons. The van der Waals surface area contributed by atoms with Gasteiger partial charge in [0.25, 0.3) is 5.56 Å². The summed E-state index contributed by atoms with van der Waals surface area (Å²) in [4.78, 5) is 25.9. The molecule has 0 aliphatic heterocycles. The first kappa shape index (κ1) is 23.1. The third-order valence-corrected chi connectivity index (χ3v) is 6.04. The number of fused-ring (bicyclic) bond motifs is 1. The van der Waals surface area contributed by atoms with Crippen LogP contribution in [0.1, 0.15) is 23.2 Å². The summed E-state index contributed by atoms with van der Waals surface area (Å²) in [5, 5.41) is 7.45. The molecule has 2 aromatic carbocycles. The van der Waals surface area contributed by atoms with E-state index in [-0.39, 0.29) is 17.9 Å². The molecule has 8 heteroatoms. The van der Waals surface area contributed by atoms with Crippen LogP contribution >= 0.6 is 0 Å². The molecule has 4 rings (SSSR count). The van der Waals surface area contributed by atoms with Gasteiger partial charge >= 0.3 is 0 Å². The summed E-state index contributed by atoms with van der Waals surface area (Å²) >= 11 is 0. The van der Waals surface area contributed by atoms with E-state index in [1.54, 1.807) is 14.2 Å². The van der Waals surface area contributed by atoms with Crippen molar-refractivity contribution >= 4 is 17.2 Å². The number of aromatic nitrogens is 3. The van der Waals surface area contributed by atoms with Gasteiger partial charge in [0.1, 0.15) is 17.1 Å². The predicted molar refractivity (Wildman–Crippen MR) is 132 cm³/mol. The maximum Gasteiger partial charge on any atom is 0.277 e. The molecule has 1 N–H and O–H groups in total. The average molecular weight is 461 g/mol. The number of hydrogen-bond acceptors (Lipinski definition) is 5. The Morgan fingerprint density at radius 3 is 2.44 bits per heavy atom. The Morgan fingerprint density at radius 2 is 1.76 bits per heavy atom. The first-order valence-corrected chi connectivity index (χ1v) is 11.0. The van der Waals surface area contributed by atoms with Crippen LogP contribution in [0.25, 0.3) is 16.9 Å². The van der Waals surface area contributed by atoms with Crippen molar-refractivity contribution in [3.63, 3.8) is 0 Å².